The van der Waals surface area contributed by atoms with E-state index in [4.69, 9.17) is 60.6 Å². The van der Waals surface area contributed by atoms with Gasteiger partial charge in [0.1, 0.15) is 0 Å². The Kier molecular flexibility index (Phi) is 51.6. The molecule has 0 spiro atoms. The summed E-state index contributed by atoms with van der Waals surface area (Å²) < 4.78 is 0. The molecule has 22 heavy (non-hydrogen) atoms. The second-order valence-corrected chi connectivity index (χ2v) is 1.40. The zero-order valence-electron chi connectivity index (χ0n) is 10.0. The first-order chi connectivity index (χ1) is 9.08. The van der Waals surface area contributed by atoms with Crippen LogP contribution in [-0.4, -0.2) is 67.7 Å². The fourth-order valence-electron chi connectivity index (χ4n) is 0. The summed E-state index contributed by atoms with van der Waals surface area (Å²) in [5.74, 6) is 0. The fraction of sp³-hybridized carbons (Fsp3) is 0. The SMILES string of the molecule is N.O=C(O)OO.O=C(O)O[O-].O=C(O)O[O-].O=C(O)O[O-].[Al+3]. The van der Waals surface area contributed by atoms with E-state index in [2.05, 4.69) is 19.6 Å². The molecular formula is C4H8AlNO16. The van der Waals surface area contributed by atoms with Crippen molar-refractivity contribution < 1.29 is 80.2 Å². The standard InChI is InChI=1S/4CH2O4.Al.H3N/c4*2-1(3)5-4;;/h4*4H,(H,2,3);;1H3/q;;;;+3;/p-3. The third kappa shape index (κ3) is 160. The van der Waals surface area contributed by atoms with Gasteiger partial charge in [0.2, 0.25) is 0 Å². The van der Waals surface area contributed by atoms with E-state index < -0.39 is 24.6 Å². The van der Waals surface area contributed by atoms with E-state index in [0.717, 1.165) is 0 Å². The Morgan fingerprint density at radius 3 is 0.727 bits per heavy atom. The Morgan fingerprint density at radius 1 is 0.636 bits per heavy atom. The molecule has 0 aliphatic carbocycles. The third-order valence-corrected chi connectivity index (χ3v) is 0.292. The molecule has 128 valence electrons. The minimum atomic E-state index is -1.80. The zero-order valence-corrected chi connectivity index (χ0v) is 11.2. The number of hydrogen-bond acceptors (Lipinski definition) is 13. The molecule has 0 atom stereocenters. The number of carbonyl (C=O) groups is 4. The molecular weight excluding hydrogens is 345 g/mol. The quantitative estimate of drug-likeness (QED) is 0.142. The van der Waals surface area contributed by atoms with Crippen LogP contribution in [0.3, 0.4) is 0 Å². The second-order valence-electron chi connectivity index (χ2n) is 1.40. The van der Waals surface area contributed by atoms with E-state index in [9.17, 15) is 0 Å². The fourth-order valence-corrected chi connectivity index (χ4v) is 0. The molecule has 0 fully saturated rings. The van der Waals surface area contributed by atoms with Gasteiger partial charge in [0.25, 0.3) is 0 Å². The maximum absolute atomic E-state index is 8.90. The summed E-state index contributed by atoms with van der Waals surface area (Å²) in [7, 11) is 0. The van der Waals surface area contributed by atoms with Gasteiger partial charge in [-0.05, 0) is 0 Å². The maximum Gasteiger partial charge on any atom is 3.00 e. The van der Waals surface area contributed by atoms with Crippen LogP contribution in [0, 0.1) is 0 Å². The van der Waals surface area contributed by atoms with E-state index in [-0.39, 0.29) is 23.5 Å². The molecule has 0 radical (unpaired) electrons. The van der Waals surface area contributed by atoms with E-state index in [1.54, 1.807) is 0 Å². The Labute approximate surface area is 129 Å². The molecule has 0 aromatic heterocycles. The van der Waals surface area contributed by atoms with Crippen LogP contribution in [0.2, 0.25) is 0 Å². The average molecular weight is 353 g/mol. The summed E-state index contributed by atoms with van der Waals surface area (Å²) in [5.41, 5.74) is 0. The summed E-state index contributed by atoms with van der Waals surface area (Å²) in [5, 5.41) is 61.4. The molecule has 8 N–H and O–H groups in total. The monoisotopic (exact) mass is 353 g/mol. The Morgan fingerprint density at radius 2 is 0.727 bits per heavy atom. The number of carboxylic acid groups (broad SMARTS) is 4. The van der Waals surface area contributed by atoms with Crippen LogP contribution < -0.4 is 21.9 Å². The van der Waals surface area contributed by atoms with E-state index in [1.807, 2.05) is 0 Å². The first-order valence-electron chi connectivity index (χ1n) is 3.21. The van der Waals surface area contributed by atoms with Gasteiger partial charge in [-0.3, -0.25) is 4.89 Å². The van der Waals surface area contributed by atoms with Crippen LogP contribution in [0.25, 0.3) is 0 Å². The van der Waals surface area contributed by atoms with Gasteiger partial charge >= 0.3 is 42.0 Å². The molecule has 0 bridgehead atoms. The Bertz CT molecular complexity index is 223. The summed E-state index contributed by atoms with van der Waals surface area (Å²) >= 11 is 0. The van der Waals surface area contributed by atoms with Crippen molar-refractivity contribution in [2.75, 3.05) is 0 Å². The van der Waals surface area contributed by atoms with Crippen molar-refractivity contribution in [3.8, 4) is 0 Å². The molecule has 0 aromatic rings. The van der Waals surface area contributed by atoms with Crippen molar-refractivity contribution in [2.45, 2.75) is 0 Å². The van der Waals surface area contributed by atoms with Crippen LogP contribution in [0.1, 0.15) is 0 Å². The number of hydrogen-bond donors (Lipinski definition) is 6. The van der Waals surface area contributed by atoms with Gasteiger partial charge in [0.15, 0.2) is 0 Å². The summed E-state index contributed by atoms with van der Waals surface area (Å²) in [6.07, 6.45) is -7.09. The van der Waals surface area contributed by atoms with E-state index in [0.29, 0.717) is 0 Å². The second kappa shape index (κ2) is 31.0. The van der Waals surface area contributed by atoms with Gasteiger partial charge in [0.05, 0.1) is 0 Å². The summed E-state index contributed by atoms with van der Waals surface area (Å²) in [6.45, 7) is 0. The molecule has 0 aliphatic heterocycles. The van der Waals surface area contributed by atoms with Crippen LogP contribution in [0.5, 0.6) is 0 Å². The first-order valence-corrected chi connectivity index (χ1v) is 3.21. The van der Waals surface area contributed by atoms with Gasteiger partial charge in [-0.2, -0.15) is 5.26 Å². The van der Waals surface area contributed by atoms with Gasteiger partial charge in [-0.25, -0.2) is 19.2 Å². The zero-order chi connectivity index (χ0) is 17.1. The molecule has 0 aliphatic rings. The molecule has 0 heterocycles. The normalized spacial score (nSPS) is 6.00. The molecule has 18 heteroatoms. The van der Waals surface area contributed by atoms with Crippen molar-refractivity contribution in [3.63, 3.8) is 0 Å². The topological polar surface area (TPSA) is 311 Å². The van der Waals surface area contributed by atoms with Gasteiger partial charge < -0.3 is 57.0 Å². The molecule has 0 amide bonds. The summed E-state index contributed by atoms with van der Waals surface area (Å²) in [4.78, 5) is 45.3. The van der Waals surface area contributed by atoms with Crippen molar-refractivity contribution >= 4 is 42.0 Å². The van der Waals surface area contributed by atoms with Gasteiger partial charge in [-0.15, -0.1) is 0 Å². The van der Waals surface area contributed by atoms with Crippen LogP contribution in [0.15, 0.2) is 0 Å². The minimum absolute atomic E-state index is 0. The minimum Gasteiger partial charge on any atom is -0.659 e. The van der Waals surface area contributed by atoms with Crippen molar-refractivity contribution in [1.29, 1.82) is 0 Å². The van der Waals surface area contributed by atoms with Crippen molar-refractivity contribution in [2.24, 2.45) is 0 Å². The van der Waals surface area contributed by atoms with Crippen molar-refractivity contribution in [1.82, 2.24) is 6.15 Å². The van der Waals surface area contributed by atoms with Crippen molar-refractivity contribution in [3.05, 3.63) is 0 Å². The van der Waals surface area contributed by atoms with Crippen LogP contribution in [0.4, 0.5) is 19.2 Å². The predicted molar refractivity (Wildman–Crippen MR) is 49.8 cm³/mol. The largest absolute Gasteiger partial charge is 3.00 e. The third-order valence-electron chi connectivity index (χ3n) is 0.292. The number of rotatable bonds is 0. The smallest absolute Gasteiger partial charge is 0.659 e. The van der Waals surface area contributed by atoms with Gasteiger partial charge in [0, 0.05) is 0 Å². The molecule has 0 aromatic carbocycles. The summed E-state index contributed by atoms with van der Waals surface area (Å²) in [6, 6.07) is 0. The average Bonchev–Trinajstić information content (AvgIpc) is 2.40. The molecule has 0 unspecified atom stereocenters. The van der Waals surface area contributed by atoms with Crippen LogP contribution in [-0.2, 0) is 19.6 Å². The maximum atomic E-state index is 8.90. The van der Waals surface area contributed by atoms with E-state index >= 15 is 0 Å². The van der Waals surface area contributed by atoms with Gasteiger partial charge in [-0.1, -0.05) is 0 Å². The molecule has 0 rings (SSSR count). The van der Waals surface area contributed by atoms with Crippen LogP contribution >= 0.6 is 0 Å². The molecule has 17 nitrogen and oxygen atoms in total. The first kappa shape index (κ1) is 36.6. The molecule has 0 saturated carbocycles. The predicted octanol–water partition coefficient (Wildman–Crippen LogP) is -3.20. The molecule has 0 saturated heterocycles. The Balaban J connectivity index is -0.0000000376. The van der Waals surface area contributed by atoms with E-state index in [1.165, 1.54) is 0 Å². The Hall–Kier alpha value is -2.59.